The molecule has 0 unspecified atom stereocenters. The molecular weight excluding hydrogens is 292 g/mol. The molecule has 0 saturated heterocycles. The van der Waals surface area contributed by atoms with E-state index in [4.69, 9.17) is 5.53 Å². The van der Waals surface area contributed by atoms with Gasteiger partial charge >= 0.3 is 0 Å². The molecule has 0 bridgehead atoms. The molecule has 0 atom stereocenters. The monoisotopic (exact) mass is 312 g/mol. The van der Waals surface area contributed by atoms with E-state index >= 15 is 0 Å². The first kappa shape index (κ1) is 16.7. The van der Waals surface area contributed by atoms with Crippen molar-refractivity contribution in [2.75, 3.05) is 0 Å². The van der Waals surface area contributed by atoms with Gasteiger partial charge in [-0.3, -0.25) is 14.5 Å². The number of aromatic nitrogens is 3. The van der Waals surface area contributed by atoms with Crippen molar-refractivity contribution in [3.8, 4) is 0 Å². The second-order valence-corrected chi connectivity index (χ2v) is 6.49. The molecule has 23 heavy (non-hydrogen) atoms. The van der Waals surface area contributed by atoms with Gasteiger partial charge < -0.3 is 0 Å². The lowest BCUT2D eigenvalue weighted by atomic mass is 10.1. The van der Waals surface area contributed by atoms with Crippen LogP contribution in [0.5, 0.6) is 0 Å². The highest BCUT2D eigenvalue weighted by Gasteiger charge is 2.20. The van der Waals surface area contributed by atoms with Gasteiger partial charge in [0.05, 0.1) is 11.2 Å². The third-order valence-corrected chi connectivity index (χ3v) is 3.44. The summed E-state index contributed by atoms with van der Waals surface area (Å²) in [5.41, 5.74) is 11.5. The smallest absolute Gasteiger partial charge is 0.187 e. The molecule has 0 aliphatic heterocycles. The van der Waals surface area contributed by atoms with Gasteiger partial charge in [-0.25, -0.2) is 0 Å². The predicted molar refractivity (Wildman–Crippen MR) is 87.8 cm³/mol. The lowest BCUT2D eigenvalue weighted by molar-refractivity contribution is 0.0986. The number of hydrogen-bond acceptors (Lipinski definition) is 4. The molecule has 2 aromatic rings. The fourth-order valence-corrected chi connectivity index (χ4v) is 2.38. The third-order valence-electron chi connectivity index (χ3n) is 3.44. The van der Waals surface area contributed by atoms with E-state index in [0.29, 0.717) is 22.6 Å². The molecule has 0 spiro atoms. The van der Waals surface area contributed by atoms with E-state index in [9.17, 15) is 4.79 Å². The average molecular weight is 312 g/mol. The summed E-state index contributed by atoms with van der Waals surface area (Å²) in [5.74, 6) is -0.0892. The average Bonchev–Trinajstić information content (AvgIpc) is 2.85. The number of Topliss-reactive ketones (excluding diaryl/α,β-unsaturated/α-hetero) is 1. The first-order valence-electron chi connectivity index (χ1n) is 7.33. The van der Waals surface area contributed by atoms with Crippen LogP contribution >= 0.6 is 0 Å². The Hall–Kier alpha value is -2.66. The summed E-state index contributed by atoms with van der Waals surface area (Å²) in [6.07, 6.45) is 1.79. The number of hydrogen-bond donors (Lipinski definition) is 0. The Morgan fingerprint density at radius 3 is 2.61 bits per heavy atom. The molecule has 0 aliphatic carbocycles. The highest BCUT2D eigenvalue weighted by atomic mass is 16.1. The van der Waals surface area contributed by atoms with Crippen molar-refractivity contribution in [2.24, 2.45) is 5.11 Å². The Labute approximate surface area is 135 Å². The van der Waals surface area contributed by atoms with E-state index in [1.54, 1.807) is 25.3 Å². The van der Waals surface area contributed by atoms with E-state index in [2.05, 4.69) is 20.1 Å². The number of nitrogens with zero attached hydrogens (tertiary/aromatic N) is 6. The Kier molecular flexibility index (Phi) is 4.52. The summed E-state index contributed by atoms with van der Waals surface area (Å²) >= 11 is 0. The van der Waals surface area contributed by atoms with Crippen LogP contribution in [0.2, 0.25) is 0 Å². The Morgan fingerprint density at radius 1 is 1.35 bits per heavy atom. The van der Waals surface area contributed by atoms with Gasteiger partial charge in [0.2, 0.25) is 0 Å². The van der Waals surface area contributed by atoms with Crippen LogP contribution in [0, 0.1) is 13.8 Å². The van der Waals surface area contributed by atoms with E-state index in [1.807, 2.05) is 32.4 Å². The Balaban J connectivity index is 2.26. The van der Waals surface area contributed by atoms with Crippen LogP contribution in [-0.2, 0) is 12.0 Å². The summed E-state index contributed by atoms with van der Waals surface area (Å²) < 4.78 is 1.85. The Bertz CT molecular complexity index is 793. The zero-order valence-corrected chi connectivity index (χ0v) is 14.0. The molecule has 0 radical (unpaired) electrons. The van der Waals surface area contributed by atoms with Crippen LogP contribution in [0.25, 0.3) is 10.4 Å². The minimum atomic E-state index is -0.178. The van der Waals surface area contributed by atoms with E-state index in [-0.39, 0.29) is 17.7 Å². The highest BCUT2D eigenvalue weighted by molar-refractivity contribution is 5.95. The lowest BCUT2D eigenvalue weighted by Gasteiger charge is -2.21. The maximum atomic E-state index is 12.5. The molecule has 7 heteroatoms. The summed E-state index contributed by atoms with van der Waals surface area (Å²) in [4.78, 5) is 19.4. The zero-order valence-electron chi connectivity index (χ0n) is 14.0. The maximum absolute atomic E-state index is 12.5. The summed E-state index contributed by atoms with van der Waals surface area (Å²) in [7, 11) is 0. The molecule has 120 valence electrons. The quantitative estimate of drug-likeness (QED) is 0.369. The number of rotatable bonds is 4. The number of aryl methyl sites for hydroxylation is 2. The number of carbonyl (C=O) groups is 1. The first-order chi connectivity index (χ1) is 10.7. The van der Waals surface area contributed by atoms with E-state index in [0.717, 1.165) is 5.69 Å². The molecule has 2 aromatic heterocycles. The van der Waals surface area contributed by atoms with Crippen LogP contribution in [0.1, 0.15) is 48.2 Å². The second-order valence-electron chi connectivity index (χ2n) is 6.49. The molecule has 2 heterocycles. The zero-order chi connectivity index (χ0) is 17.2. The molecule has 0 aromatic carbocycles. The number of pyridine rings is 1. The Morgan fingerprint density at radius 2 is 2.04 bits per heavy atom. The summed E-state index contributed by atoms with van der Waals surface area (Å²) in [6, 6.07) is 3.48. The van der Waals surface area contributed by atoms with E-state index in [1.165, 1.54) is 0 Å². The third kappa shape index (κ3) is 3.76. The molecule has 0 amide bonds. The molecular formula is C16H20N6O. The fourth-order valence-electron chi connectivity index (χ4n) is 2.38. The maximum Gasteiger partial charge on any atom is 0.187 e. The molecule has 7 nitrogen and oxygen atoms in total. The van der Waals surface area contributed by atoms with Crippen molar-refractivity contribution in [1.82, 2.24) is 14.8 Å². The number of carbonyl (C=O) groups excluding carboxylic acids is 1. The summed E-state index contributed by atoms with van der Waals surface area (Å²) in [6.45, 7) is 9.80. The van der Waals surface area contributed by atoms with Gasteiger partial charge in [-0.2, -0.15) is 5.10 Å². The standard InChI is InChI=1S/C16H20N6O/c1-10-6-14(20-22(10)16(3,4)5)15(23)8-12-7-13(19-21-17)11(2)18-9-12/h6-7,9H,8H2,1-5H3. The number of azide groups is 1. The minimum absolute atomic E-state index is 0.0892. The van der Waals surface area contributed by atoms with Crippen molar-refractivity contribution in [3.05, 3.63) is 51.4 Å². The van der Waals surface area contributed by atoms with Crippen LogP contribution in [0.4, 0.5) is 5.69 Å². The second kappa shape index (κ2) is 6.22. The SMILES string of the molecule is Cc1ncc(CC(=O)c2cc(C)n(C(C)(C)C)n2)cc1N=[N+]=[N-]. The largest absolute Gasteiger partial charge is 0.292 e. The van der Waals surface area contributed by atoms with Crippen molar-refractivity contribution < 1.29 is 4.79 Å². The van der Waals surface area contributed by atoms with Crippen molar-refractivity contribution >= 4 is 11.5 Å². The molecule has 0 saturated carbocycles. The molecule has 0 fully saturated rings. The fraction of sp³-hybridized carbons (Fsp3) is 0.438. The van der Waals surface area contributed by atoms with Crippen molar-refractivity contribution in [3.63, 3.8) is 0 Å². The normalized spacial score (nSPS) is 11.2. The van der Waals surface area contributed by atoms with Crippen LogP contribution in [-0.4, -0.2) is 20.5 Å². The highest BCUT2D eigenvalue weighted by Crippen LogP contribution is 2.20. The van der Waals surface area contributed by atoms with Crippen molar-refractivity contribution in [2.45, 2.75) is 46.6 Å². The van der Waals surface area contributed by atoms with Crippen LogP contribution in [0.3, 0.4) is 0 Å². The molecule has 0 N–H and O–H groups in total. The first-order valence-corrected chi connectivity index (χ1v) is 7.33. The van der Waals surface area contributed by atoms with Crippen LogP contribution in [0.15, 0.2) is 23.4 Å². The minimum Gasteiger partial charge on any atom is -0.292 e. The van der Waals surface area contributed by atoms with Gasteiger partial charge in [0.25, 0.3) is 0 Å². The van der Waals surface area contributed by atoms with E-state index < -0.39 is 0 Å². The van der Waals surface area contributed by atoms with Gasteiger partial charge in [-0.05, 0) is 57.8 Å². The van der Waals surface area contributed by atoms with Gasteiger partial charge in [0.15, 0.2) is 5.78 Å². The van der Waals surface area contributed by atoms with Crippen LogP contribution < -0.4 is 0 Å². The number of ketones is 1. The lowest BCUT2D eigenvalue weighted by Crippen LogP contribution is -2.24. The van der Waals surface area contributed by atoms with Gasteiger partial charge in [0, 0.05) is 28.9 Å². The topological polar surface area (TPSA) is 96.5 Å². The van der Waals surface area contributed by atoms with Gasteiger partial charge in [-0.15, -0.1) is 0 Å². The predicted octanol–water partition coefficient (Wildman–Crippen LogP) is 4.02. The molecule has 2 rings (SSSR count). The van der Waals surface area contributed by atoms with Crippen molar-refractivity contribution in [1.29, 1.82) is 0 Å². The summed E-state index contributed by atoms with van der Waals surface area (Å²) in [5, 5.41) is 8.00. The molecule has 0 aliphatic rings. The van der Waals surface area contributed by atoms with Gasteiger partial charge in [0.1, 0.15) is 5.69 Å². The van der Waals surface area contributed by atoms with Gasteiger partial charge in [-0.1, -0.05) is 5.11 Å².